The Kier molecular flexibility index (Phi) is 4.96. The standard InChI is InChI=1S/C18H27N3O3/c1-6-19-17(20-7-1)21-13-18(14-21)16(5-11-24-18)4-10-23-12-15-2-8-22-9-3-15/h1,6-7,15-16H,2-5,8-14H2. The molecule has 6 heteroatoms. The summed E-state index contributed by atoms with van der Waals surface area (Å²) in [4.78, 5) is 10.9. The minimum absolute atomic E-state index is 0.00123. The molecule has 0 saturated carbocycles. The van der Waals surface area contributed by atoms with Crippen molar-refractivity contribution in [1.82, 2.24) is 9.97 Å². The zero-order valence-electron chi connectivity index (χ0n) is 14.2. The lowest BCUT2D eigenvalue weighted by Crippen LogP contribution is -2.65. The molecule has 3 aliphatic heterocycles. The maximum Gasteiger partial charge on any atom is 0.225 e. The lowest BCUT2D eigenvalue weighted by molar-refractivity contribution is -0.0530. The monoisotopic (exact) mass is 333 g/mol. The van der Waals surface area contributed by atoms with Crippen LogP contribution in [0.25, 0.3) is 0 Å². The molecule has 1 spiro atoms. The zero-order chi connectivity index (χ0) is 16.2. The van der Waals surface area contributed by atoms with Gasteiger partial charge in [0.2, 0.25) is 5.95 Å². The minimum atomic E-state index is 0.00123. The highest BCUT2D eigenvalue weighted by Gasteiger charge is 2.53. The van der Waals surface area contributed by atoms with Crippen LogP contribution in [0.15, 0.2) is 18.5 Å². The van der Waals surface area contributed by atoms with Crippen LogP contribution in [0.3, 0.4) is 0 Å². The van der Waals surface area contributed by atoms with Gasteiger partial charge in [-0.25, -0.2) is 9.97 Å². The Labute approximate surface area is 143 Å². The first-order valence-corrected chi connectivity index (χ1v) is 9.17. The second kappa shape index (κ2) is 7.33. The van der Waals surface area contributed by atoms with Crippen LogP contribution in [0.2, 0.25) is 0 Å². The number of hydrogen-bond acceptors (Lipinski definition) is 6. The summed E-state index contributed by atoms with van der Waals surface area (Å²) in [6.07, 6.45) is 8.11. The van der Waals surface area contributed by atoms with Crippen LogP contribution in [0, 0.1) is 11.8 Å². The Morgan fingerprint density at radius 1 is 1.12 bits per heavy atom. The molecule has 0 aromatic carbocycles. The highest BCUT2D eigenvalue weighted by Crippen LogP contribution is 2.42. The van der Waals surface area contributed by atoms with Gasteiger partial charge in [0, 0.05) is 45.4 Å². The van der Waals surface area contributed by atoms with Gasteiger partial charge >= 0.3 is 0 Å². The third-order valence-electron chi connectivity index (χ3n) is 5.66. The van der Waals surface area contributed by atoms with Crippen molar-refractivity contribution in [2.45, 2.75) is 31.3 Å². The average molecular weight is 333 g/mol. The van der Waals surface area contributed by atoms with Gasteiger partial charge < -0.3 is 19.1 Å². The van der Waals surface area contributed by atoms with Gasteiger partial charge in [-0.3, -0.25) is 0 Å². The van der Waals surface area contributed by atoms with Crippen LogP contribution in [0.1, 0.15) is 25.7 Å². The van der Waals surface area contributed by atoms with E-state index in [1.54, 1.807) is 12.4 Å². The van der Waals surface area contributed by atoms with Crippen molar-refractivity contribution in [3.05, 3.63) is 18.5 Å². The van der Waals surface area contributed by atoms with E-state index in [4.69, 9.17) is 14.2 Å². The predicted molar refractivity (Wildman–Crippen MR) is 90.0 cm³/mol. The second-order valence-corrected chi connectivity index (χ2v) is 7.22. The zero-order valence-corrected chi connectivity index (χ0v) is 14.2. The van der Waals surface area contributed by atoms with E-state index < -0.39 is 0 Å². The third-order valence-corrected chi connectivity index (χ3v) is 5.66. The molecule has 3 fully saturated rings. The quantitative estimate of drug-likeness (QED) is 0.741. The first-order valence-electron chi connectivity index (χ1n) is 9.17. The van der Waals surface area contributed by atoms with E-state index in [0.717, 1.165) is 77.8 Å². The molecular formula is C18H27N3O3. The number of anilines is 1. The van der Waals surface area contributed by atoms with Crippen LogP contribution in [-0.2, 0) is 14.2 Å². The molecule has 0 radical (unpaired) electrons. The van der Waals surface area contributed by atoms with Gasteiger partial charge in [0.15, 0.2) is 0 Å². The first kappa shape index (κ1) is 16.2. The SMILES string of the molecule is c1cnc(N2CC3(C2)OCCC3CCOCC2CCOCC2)nc1. The van der Waals surface area contributed by atoms with Crippen molar-refractivity contribution >= 4 is 5.95 Å². The van der Waals surface area contributed by atoms with Crippen LogP contribution < -0.4 is 4.90 Å². The van der Waals surface area contributed by atoms with Crippen molar-refractivity contribution < 1.29 is 14.2 Å². The van der Waals surface area contributed by atoms with Crippen LogP contribution >= 0.6 is 0 Å². The molecule has 0 bridgehead atoms. The summed E-state index contributed by atoms with van der Waals surface area (Å²) in [5.74, 6) is 2.09. The van der Waals surface area contributed by atoms with E-state index in [2.05, 4.69) is 14.9 Å². The number of aromatic nitrogens is 2. The molecule has 132 valence electrons. The molecule has 3 saturated heterocycles. The summed E-state index contributed by atoms with van der Waals surface area (Å²) in [6, 6.07) is 1.85. The van der Waals surface area contributed by atoms with Crippen molar-refractivity contribution in [2.75, 3.05) is 51.0 Å². The summed E-state index contributed by atoms with van der Waals surface area (Å²) < 4.78 is 17.5. The van der Waals surface area contributed by atoms with Gasteiger partial charge in [0.05, 0.1) is 13.1 Å². The van der Waals surface area contributed by atoms with Gasteiger partial charge in [-0.05, 0) is 43.6 Å². The van der Waals surface area contributed by atoms with E-state index in [-0.39, 0.29) is 5.60 Å². The number of rotatable bonds is 6. The normalized spacial score (nSPS) is 26.7. The fourth-order valence-electron chi connectivity index (χ4n) is 4.13. The molecule has 1 atom stereocenters. The highest BCUT2D eigenvalue weighted by atomic mass is 16.5. The van der Waals surface area contributed by atoms with Crippen molar-refractivity contribution in [1.29, 1.82) is 0 Å². The largest absolute Gasteiger partial charge is 0.381 e. The molecule has 1 aromatic rings. The summed E-state index contributed by atoms with van der Waals surface area (Å²) in [7, 11) is 0. The Bertz CT molecular complexity index is 516. The van der Waals surface area contributed by atoms with E-state index in [1.807, 2.05) is 6.07 Å². The predicted octanol–water partition coefficient (Wildman–Crippen LogP) is 1.91. The number of ether oxygens (including phenoxy) is 3. The average Bonchev–Trinajstić information content (AvgIpc) is 3.03. The summed E-state index contributed by atoms with van der Waals surface area (Å²) in [5.41, 5.74) is 0.00123. The second-order valence-electron chi connectivity index (χ2n) is 7.22. The third kappa shape index (κ3) is 3.41. The molecule has 0 amide bonds. The molecule has 6 nitrogen and oxygen atoms in total. The molecule has 4 rings (SSSR count). The van der Waals surface area contributed by atoms with Gasteiger partial charge in [0.25, 0.3) is 0 Å². The lowest BCUT2D eigenvalue weighted by Gasteiger charge is -2.50. The molecule has 4 heterocycles. The van der Waals surface area contributed by atoms with E-state index in [0.29, 0.717) is 11.8 Å². The summed E-state index contributed by atoms with van der Waals surface area (Å²) >= 11 is 0. The smallest absolute Gasteiger partial charge is 0.225 e. The molecule has 0 aliphatic carbocycles. The fraction of sp³-hybridized carbons (Fsp3) is 0.778. The van der Waals surface area contributed by atoms with Gasteiger partial charge in [-0.1, -0.05) is 0 Å². The van der Waals surface area contributed by atoms with E-state index >= 15 is 0 Å². The van der Waals surface area contributed by atoms with Gasteiger partial charge in [-0.2, -0.15) is 0 Å². The maximum atomic E-state index is 6.12. The molecule has 3 aliphatic rings. The van der Waals surface area contributed by atoms with Gasteiger partial charge in [0.1, 0.15) is 5.60 Å². The molecule has 24 heavy (non-hydrogen) atoms. The Balaban J connectivity index is 1.21. The molecular weight excluding hydrogens is 306 g/mol. The molecule has 1 aromatic heterocycles. The molecule has 1 unspecified atom stereocenters. The van der Waals surface area contributed by atoms with E-state index in [1.165, 1.54) is 0 Å². The topological polar surface area (TPSA) is 56.7 Å². The Morgan fingerprint density at radius 3 is 2.71 bits per heavy atom. The lowest BCUT2D eigenvalue weighted by atomic mass is 9.79. The van der Waals surface area contributed by atoms with Crippen molar-refractivity contribution in [2.24, 2.45) is 11.8 Å². The van der Waals surface area contributed by atoms with Crippen LogP contribution in [0.5, 0.6) is 0 Å². The Hall–Kier alpha value is -1.24. The number of hydrogen-bond donors (Lipinski definition) is 0. The van der Waals surface area contributed by atoms with Crippen molar-refractivity contribution in [3.63, 3.8) is 0 Å². The van der Waals surface area contributed by atoms with Crippen molar-refractivity contribution in [3.8, 4) is 0 Å². The van der Waals surface area contributed by atoms with Crippen LogP contribution in [0.4, 0.5) is 5.95 Å². The van der Waals surface area contributed by atoms with Crippen LogP contribution in [-0.4, -0.2) is 61.7 Å². The maximum absolute atomic E-state index is 6.12. The van der Waals surface area contributed by atoms with E-state index in [9.17, 15) is 0 Å². The minimum Gasteiger partial charge on any atom is -0.381 e. The first-order chi connectivity index (χ1) is 11.9. The Morgan fingerprint density at radius 2 is 1.92 bits per heavy atom. The molecule has 0 N–H and O–H groups in total. The highest BCUT2D eigenvalue weighted by molar-refractivity contribution is 5.37. The summed E-state index contributed by atoms with van der Waals surface area (Å²) in [6.45, 7) is 6.19. The summed E-state index contributed by atoms with van der Waals surface area (Å²) in [5, 5.41) is 0. The van der Waals surface area contributed by atoms with Gasteiger partial charge in [-0.15, -0.1) is 0 Å². The number of nitrogens with zero attached hydrogens (tertiary/aromatic N) is 3. The fourth-order valence-corrected chi connectivity index (χ4v) is 4.13.